The summed E-state index contributed by atoms with van der Waals surface area (Å²) in [5, 5.41) is 3.17. The van der Waals surface area contributed by atoms with Crippen molar-refractivity contribution in [2.24, 2.45) is 0 Å². The molecule has 0 aliphatic carbocycles. The second-order valence-electron chi connectivity index (χ2n) is 5.92. The summed E-state index contributed by atoms with van der Waals surface area (Å²) in [7, 11) is 1.47. The van der Waals surface area contributed by atoms with Crippen LogP contribution in [0.1, 0.15) is 10.4 Å². The van der Waals surface area contributed by atoms with Crippen LogP contribution in [0.25, 0.3) is 0 Å². The number of hydrogen-bond donors (Lipinski definition) is 1. The predicted octanol–water partition coefficient (Wildman–Crippen LogP) is 4.97. The standard InChI is InChI=1S/C22H18ClNO5/c1-27-20-9-7-15(13-25)11-21(20)28-14-22(26)24-18-12-16(23)8-10-19(18)29-17-5-3-2-4-6-17/h2-13H,14H2,1H3,(H,24,26). The van der Waals surface area contributed by atoms with Crippen molar-refractivity contribution in [2.75, 3.05) is 19.0 Å². The number of ether oxygens (including phenoxy) is 3. The van der Waals surface area contributed by atoms with Gasteiger partial charge < -0.3 is 19.5 Å². The van der Waals surface area contributed by atoms with E-state index in [1.54, 1.807) is 42.5 Å². The fraction of sp³-hybridized carbons (Fsp3) is 0.0909. The molecule has 0 spiro atoms. The van der Waals surface area contributed by atoms with Crippen molar-refractivity contribution in [3.8, 4) is 23.0 Å². The van der Waals surface area contributed by atoms with Crippen LogP contribution >= 0.6 is 11.6 Å². The summed E-state index contributed by atoms with van der Waals surface area (Å²) in [4.78, 5) is 23.4. The molecule has 1 N–H and O–H groups in total. The normalized spacial score (nSPS) is 10.1. The highest BCUT2D eigenvalue weighted by atomic mass is 35.5. The second-order valence-corrected chi connectivity index (χ2v) is 6.36. The minimum Gasteiger partial charge on any atom is -0.493 e. The largest absolute Gasteiger partial charge is 0.493 e. The third-order valence-corrected chi connectivity index (χ3v) is 4.10. The van der Waals surface area contributed by atoms with Gasteiger partial charge in [-0.1, -0.05) is 29.8 Å². The van der Waals surface area contributed by atoms with Gasteiger partial charge in [-0.2, -0.15) is 0 Å². The number of methoxy groups -OCH3 is 1. The lowest BCUT2D eigenvalue weighted by molar-refractivity contribution is -0.118. The van der Waals surface area contributed by atoms with Gasteiger partial charge in [0.1, 0.15) is 12.0 Å². The van der Waals surface area contributed by atoms with Gasteiger partial charge in [0.2, 0.25) is 0 Å². The first-order valence-electron chi connectivity index (χ1n) is 8.67. The third kappa shape index (κ3) is 5.49. The number of rotatable bonds is 8. The molecule has 3 rings (SSSR count). The Morgan fingerprint density at radius 1 is 1.00 bits per heavy atom. The van der Waals surface area contributed by atoms with E-state index in [0.29, 0.717) is 45.6 Å². The summed E-state index contributed by atoms with van der Waals surface area (Å²) in [6, 6.07) is 18.8. The van der Waals surface area contributed by atoms with Gasteiger partial charge in [0, 0.05) is 10.6 Å². The van der Waals surface area contributed by atoms with Crippen molar-refractivity contribution in [3.05, 3.63) is 77.3 Å². The molecular weight excluding hydrogens is 394 g/mol. The first-order valence-corrected chi connectivity index (χ1v) is 9.05. The maximum absolute atomic E-state index is 12.4. The highest BCUT2D eigenvalue weighted by molar-refractivity contribution is 6.31. The van der Waals surface area contributed by atoms with E-state index in [9.17, 15) is 9.59 Å². The molecule has 0 aliphatic heterocycles. The second kappa shape index (κ2) is 9.61. The molecule has 1 amide bonds. The van der Waals surface area contributed by atoms with E-state index in [1.807, 2.05) is 18.2 Å². The van der Waals surface area contributed by atoms with Crippen molar-refractivity contribution in [1.29, 1.82) is 0 Å². The Kier molecular flexibility index (Phi) is 6.71. The number of aldehydes is 1. The van der Waals surface area contributed by atoms with Crippen LogP contribution < -0.4 is 19.5 Å². The molecule has 148 valence electrons. The fourth-order valence-electron chi connectivity index (χ4n) is 2.51. The first-order chi connectivity index (χ1) is 14.1. The van der Waals surface area contributed by atoms with Gasteiger partial charge in [0.25, 0.3) is 5.91 Å². The minimum absolute atomic E-state index is 0.291. The fourth-order valence-corrected chi connectivity index (χ4v) is 2.69. The van der Waals surface area contributed by atoms with Crippen LogP contribution in [0.15, 0.2) is 66.7 Å². The van der Waals surface area contributed by atoms with E-state index >= 15 is 0 Å². The molecule has 0 saturated heterocycles. The summed E-state index contributed by atoms with van der Waals surface area (Å²) in [5.41, 5.74) is 0.818. The van der Waals surface area contributed by atoms with Gasteiger partial charge >= 0.3 is 0 Å². The lowest BCUT2D eigenvalue weighted by atomic mass is 10.2. The highest BCUT2D eigenvalue weighted by Crippen LogP contribution is 2.32. The monoisotopic (exact) mass is 411 g/mol. The van der Waals surface area contributed by atoms with Crippen molar-refractivity contribution in [2.45, 2.75) is 0 Å². The van der Waals surface area contributed by atoms with Crippen molar-refractivity contribution >= 4 is 29.5 Å². The molecule has 3 aromatic rings. The summed E-state index contributed by atoms with van der Waals surface area (Å²) in [6.45, 7) is -0.296. The van der Waals surface area contributed by atoms with E-state index in [0.717, 1.165) is 0 Å². The number of halogens is 1. The number of anilines is 1. The van der Waals surface area contributed by atoms with E-state index in [1.165, 1.54) is 13.2 Å². The molecule has 0 aliphatic rings. The average Bonchev–Trinajstić information content (AvgIpc) is 2.74. The van der Waals surface area contributed by atoms with Crippen molar-refractivity contribution in [1.82, 2.24) is 0 Å². The van der Waals surface area contributed by atoms with E-state index in [4.69, 9.17) is 25.8 Å². The van der Waals surface area contributed by atoms with Crippen LogP contribution in [-0.2, 0) is 4.79 Å². The van der Waals surface area contributed by atoms with E-state index in [-0.39, 0.29) is 6.61 Å². The van der Waals surface area contributed by atoms with Gasteiger partial charge in [-0.05, 0) is 48.5 Å². The number of carbonyl (C=O) groups is 2. The summed E-state index contributed by atoms with van der Waals surface area (Å²) in [6.07, 6.45) is 0.686. The molecule has 6 nitrogen and oxygen atoms in total. The molecule has 3 aromatic carbocycles. The quantitative estimate of drug-likeness (QED) is 0.530. The van der Waals surface area contributed by atoms with Crippen LogP contribution in [0.4, 0.5) is 5.69 Å². The number of benzene rings is 3. The molecule has 0 atom stereocenters. The van der Waals surface area contributed by atoms with Crippen molar-refractivity contribution in [3.63, 3.8) is 0 Å². The van der Waals surface area contributed by atoms with Gasteiger partial charge in [0.15, 0.2) is 23.9 Å². The maximum atomic E-state index is 12.4. The summed E-state index contributed by atoms with van der Waals surface area (Å²) >= 11 is 6.06. The number of para-hydroxylation sites is 1. The zero-order valence-corrected chi connectivity index (χ0v) is 16.3. The Morgan fingerprint density at radius 3 is 2.48 bits per heavy atom. The minimum atomic E-state index is -0.427. The SMILES string of the molecule is COc1ccc(C=O)cc1OCC(=O)Nc1cc(Cl)ccc1Oc1ccccc1. The first kappa shape index (κ1) is 20.2. The van der Waals surface area contributed by atoms with Crippen LogP contribution in [-0.4, -0.2) is 25.9 Å². The van der Waals surface area contributed by atoms with Gasteiger partial charge in [-0.15, -0.1) is 0 Å². The van der Waals surface area contributed by atoms with Crippen LogP contribution in [0.5, 0.6) is 23.0 Å². The average molecular weight is 412 g/mol. The van der Waals surface area contributed by atoms with E-state index in [2.05, 4.69) is 5.32 Å². The number of hydrogen-bond acceptors (Lipinski definition) is 5. The zero-order valence-electron chi connectivity index (χ0n) is 15.6. The molecule has 0 radical (unpaired) electrons. The highest BCUT2D eigenvalue weighted by Gasteiger charge is 2.12. The van der Waals surface area contributed by atoms with Gasteiger partial charge in [-0.25, -0.2) is 0 Å². The lowest BCUT2D eigenvalue weighted by Gasteiger charge is -2.14. The van der Waals surface area contributed by atoms with Crippen LogP contribution in [0.3, 0.4) is 0 Å². The molecule has 0 fully saturated rings. The molecule has 0 saturated carbocycles. The topological polar surface area (TPSA) is 73.9 Å². The molecule has 0 bridgehead atoms. The zero-order chi connectivity index (χ0) is 20.6. The molecule has 7 heteroatoms. The lowest BCUT2D eigenvalue weighted by Crippen LogP contribution is -2.20. The number of carbonyl (C=O) groups excluding carboxylic acids is 2. The number of nitrogens with one attached hydrogen (secondary N) is 1. The number of amides is 1. The third-order valence-electron chi connectivity index (χ3n) is 3.87. The van der Waals surface area contributed by atoms with Crippen LogP contribution in [0, 0.1) is 0 Å². The van der Waals surface area contributed by atoms with Crippen LogP contribution in [0.2, 0.25) is 5.02 Å². The molecular formula is C22H18ClNO5. The smallest absolute Gasteiger partial charge is 0.262 e. The Bertz CT molecular complexity index is 1010. The molecule has 0 unspecified atom stereocenters. The Balaban J connectivity index is 1.71. The van der Waals surface area contributed by atoms with E-state index < -0.39 is 5.91 Å². The predicted molar refractivity (Wildman–Crippen MR) is 110 cm³/mol. The Labute approximate surface area is 173 Å². The molecule has 29 heavy (non-hydrogen) atoms. The van der Waals surface area contributed by atoms with Crippen molar-refractivity contribution < 1.29 is 23.8 Å². The Hall–Kier alpha value is -3.51. The molecule has 0 aromatic heterocycles. The van der Waals surface area contributed by atoms with Gasteiger partial charge in [0.05, 0.1) is 12.8 Å². The Morgan fingerprint density at radius 2 is 1.76 bits per heavy atom. The summed E-state index contributed by atoms with van der Waals surface area (Å²) < 4.78 is 16.5. The molecule has 0 heterocycles. The maximum Gasteiger partial charge on any atom is 0.262 e. The summed E-state index contributed by atoms with van der Waals surface area (Å²) in [5.74, 6) is 1.34. The van der Waals surface area contributed by atoms with Gasteiger partial charge in [-0.3, -0.25) is 9.59 Å².